The van der Waals surface area contributed by atoms with Crippen LogP contribution in [0.1, 0.15) is 47.9 Å². The van der Waals surface area contributed by atoms with Crippen molar-refractivity contribution in [3.05, 3.63) is 100 Å². The molecule has 1 fully saturated rings. The van der Waals surface area contributed by atoms with Gasteiger partial charge in [-0.15, -0.1) is 0 Å². The lowest BCUT2D eigenvalue weighted by Crippen LogP contribution is -2.41. The Morgan fingerprint density at radius 2 is 1.81 bits per heavy atom. The molecule has 37 heavy (non-hydrogen) atoms. The van der Waals surface area contributed by atoms with E-state index in [9.17, 15) is 9.59 Å². The van der Waals surface area contributed by atoms with Crippen molar-refractivity contribution in [2.45, 2.75) is 44.1 Å². The fraction of sp³-hybridized carbons (Fsp3) is 0.323. The minimum Gasteiger partial charge on any atom is -0.368 e. The molecule has 1 atom stereocenters. The molecule has 3 heterocycles. The van der Waals surface area contributed by atoms with Gasteiger partial charge in [0.25, 0.3) is 5.91 Å². The summed E-state index contributed by atoms with van der Waals surface area (Å²) in [5, 5.41) is 6.36. The van der Waals surface area contributed by atoms with Crippen LogP contribution in [0.4, 0.5) is 0 Å². The van der Waals surface area contributed by atoms with Gasteiger partial charge in [0.2, 0.25) is 5.91 Å². The molecule has 5 aliphatic rings. The van der Waals surface area contributed by atoms with Crippen molar-refractivity contribution in [2.24, 2.45) is 10.4 Å². The highest BCUT2D eigenvalue weighted by molar-refractivity contribution is 6.15. The third kappa shape index (κ3) is 3.42. The number of nitrogens with one attached hydrogen (secondary N) is 2. The molecule has 1 unspecified atom stereocenters. The van der Waals surface area contributed by atoms with Crippen LogP contribution in [0.3, 0.4) is 0 Å². The summed E-state index contributed by atoms with van der Waals surface area (Å²) < 4.78 is 0. The Balaban J connectivity index is 1.12. The van der Waals surface area contributed by atoms with E-state index in [2.05, 4.69) is 53.1 Å². The lowest BCUT2D eigenvalue weighted by molar-refractivity contribution is -0.130. The molecular weight excluding hydrogens is 460 g/mol. The fourth-order valence-corrected chi connectivity index (χ4v) is 6.75. The lowest BCUT2D eigenvalue weighted by Gasteiger charge is -2.23. The highest BCUT2D eigenvalue weighted by Crippen LogP contribution is 2.47. The Kier molecular flexibility index (Phi) is 5.00. The maximum absolute atomic E-state index is 13.5. The summed E-state index contributed by atoms with van der Waals surface area (Å²) in [6, 6.07) is 16.5. The maximum Gasteiger partial charge on any atom is 0.256 e. The van der Waals surface area contributed by atoms with E-state index in [0.717, 1.165) is 67.0 Å². The third-order valence-corrected chi connectivity index (χ3v) is 8.63. The molecule has 2 aromatic rings. The van der Waals surface area contributed by atoms with Gasteiger partial charge in [0.15, 0.2) is 0 Å². The molecule has 2 spiro atoms. The van der Waals surface area contributed by atoms with Crippen LogP contribution in [0.5, 0.6) is 0 Å². The van der Waals surface area contributed by atoms with E-state index in [4.69, 9.17) is 4.99 Å². The SMILES string of the molecule is O=C1N(C/C=C/c2ccc3c(c2)CC2(C3)C(=O)NC3=C2C=CCN3)C(c2ccccc2)=NC12CCCC2. The average molecular weight is 491 g/mol. The van der Waals surface area contributed by atoms with E-state index < -0.39 is 11.0 Å². The van der Waals surface area contributed by atoms with Crippen LogP contribution in [0, 0.1) is 5.41 Å². The summed E-state index contributed by atoms with van der Waals surface area (Å²) in [7, 11) is 0. The number of amides is 2. The van der Waals surface area contributed by atoms with Crippen LogP contribution in [-0.2, 0) is 22.4 Å². The number of hydrogen-bond donors (Lipinski definition) is 2. The number of fused-ring (bicyclic) bond motifs is 2. The first-order valence-corrected chi connectivity index (χ1v) is 13.3. The largest absolute Gasteiger partial charge is 0.368 e. The molecule has 2 aliphatic carbocycles. The van der Waals surface area contributed by atoms with Crippen molar-refractivity contribution in [2.75, 3.05) is 13.1 Å². The van der Waals surface area contributed by atoms with Gasteiger partial charge in [-0.05, 0) is 42.4 Å². The number of rotatable bonds is 4. The van der Waals surface area contributed by atoms with Gasteiger partial charge in [0, 0.05) is 24.2 Å². The number of benzene rings is 2. The van der Waals surface area contributed by atoms with E-state index >= 15 is 0 Å². The average Bonchev–Trinajstić information content (AvgIpc) is 3.67. The molecule has 3 aliphatic heterocycles. The van der Waals surface area contributed by atoms with E-state index in [1.165, 1.54) is 11.1 Å². The van der Waals surface area contributed by atoms with Gasteiger partial charge in [-0.25, -0.2) is 0 Å². The Morgan fingerprint density at radius 3 is 2.65 bits per heavy atom. The Labute approximate surface area is 216 Å². The zero-order valence-electron chi connectivity index (χ0n) is 20.8. The number of dihydropyridines is 1. The third-order valence-electron chi connectivity index (χ3n) is 8.63. The van der Waals surface area contributed by atoms with Gasteiger partial charge in [0.05, 0.1) is 5.41 Å². The minimum absolute atomic E-state index is 0.0889. The fourth-order valence-electron chi connectivity index (χ4n) is 6.75. The van der Waals surface area contributed by atoms with Crippen molar-refractivity contribution < 1.29 is 9.59 Å². The minimum atomic E-state index is -0.571. The summed E-state index contributed by atoms with van der Waals surface area (Å²) in [6.07, 6.45) is 13.6. The van der Waals surface area contributed by atoms with Crippen molar-refractivity contribution >= 4 is 23.7 Å². The number of aliphatic imine (C=N–C) groups is 1. The summed E-state index contributed by atoms with van der Waals surface area (Å²) in [4.78, 5) is 33.4. The molecule has 0 saturated heterocycles. The molecule has 7 rings (SSSR count). The highest BCUT2D eigenvalue weighted by atomic mass is 16.2. The lowest BCUT2D eigenvalue weighted by atomic mass is 9.78. The summed E-state index contributed by atoms with van der Waals surface area (Å²) in [5.41, 5.74) is 4.53. The van der Waals surface area contributed by atoms with Gasteiger partial charge in [-0.3, -0.25) is 19.5 Å². The molecule has 0 radical (unpaired) electrons. The Hall–Kier alpha value is -3.93. The Bertz CT molecular complexity index is 1430. The first kappa shape index (κ1) is 22.3. The molecule has 6 heteroatoms. The van der Waals surface area contributed by atoms with E-state index in [-0.39, 0.29) is 11.8 Å². The van der Waals surface area contributed by atoms with E-state index in [0.29, 0.717) is 13.0 Å². The van der Waals surface area contributed by atoms with Gasteiger partial charge in [-0.1, -0.05) is 85.7 Å². The predicted molar refractivity (Wildman–Crippen MR) is 144 cm³/mol. The summed E-state index contributed by atoms with van der Waals surface area (Å²) >= 11 is 0. The van der Waals surface area contributed by atoms with Crippen molar-refractivity contribution in [3.8, 4) is 0 Å². The van der Waals surface area contributed by atoms with Gasteiger partial charge < -0.3 is 10.6 Å². The summed E-state index contributed by atoms with van der Waals surface area (Å²) in [5.74, 6) is 1.88. The predicted octanol–water partition coefficient (Wildman–Crippen LogP) is 3.89. The van der Waals surface area contributed by atoms with Crippen molar-refractivity contribution in [1.82, 2.24) is 15.5 Å². The smallest absolute Gasteiger partial charge is 0.256 e. The van der Waals surface area contributed by atoms with Crippen molar-refractivity contribution in [3.63, 3.8) is 0 Å². The van der Waals surface area contributed by atoms with Crippen LogP contribution in [0.15, 0.2) is 83.1 Å². The molecular formula is C31H30N4O2. The van der Waals surface area contributed by atoms with Gasteiger partial charge in [-0.2, -0.15) is 0 Å². The molecule has 6 nitrogen and oxygen atoms in total. The second-order valence-corrected chi connectivity index (χ2v) is 10.8. The number of carbonyl (C=O) groups is 2. The second kappa shape index (κ2) is 8.30. The molecule has 2 amide bonds. The zero-order valence-corrected chi connectivity index (χ0v) is 20.8. The zero-order chi connectivity index (χ0) is 25.0. The molecule has 1 saturated carbocycles. The highest BCUT2D eigenvalue weighted by Gasteiger charge is 2.52. The molecule has 0 bridgehead atoms. The van der Waals surface area contributed by atoms with E-state index in [1.54, 1.807) is 0 Å². The van der Waals surface area contributed by atoms with Crippen LogP contribution in [-0.4, -0.2) is 41.2 Å². The number of nitrogens with zero attached hydrogens (tertiary/aromatic N) is 2. The van der Waals surface area contributed by atoms with Crippen LogP contribution in [0.2, 0.25) is 0 Å². The molecule has 2 aromatic carbocycles. The number of carbonyl (C=O) groups excluding carboxylic acids is 2. The second-order valence-electron chi connectivity index (χ2n) is 10.8. The standard InChI is InChI=1S/C31H30N4O2/c36-28-30(25-11-6-16-32-26(25)33-28)19-23-13-12-21(18-24(23)20-30)8-7-17-35-27(22-9-2-1-3-10-22)34-31(29(35)37)14-4-5-15-31/h1-3,6-13,18,32H,4-5,14-17,19-20H2,(H,33,36)/b8-7+. The number of allylic oxidation sites excluding steroid dienone is 1. The quantitative estimate of drug-likeness (QED) is 0.683. The van der Waals surface area contributed by atoms with Crippen LogP contribution >= 0.6 is 0 Å². The van der Waals surface area contributed by atoms with Crippen molar-refractivity contribution in [1.29, 1.82) is 0 Å². The maximum atomic E-state index is 13.5. The number of amidine groups is 1. The van der Waals surface area contributed by atoms with Crippen LogP contribution < -0.4 is 10.6 Å². The molecule has 2 N–H and O–H groups in total. The van der Waals surface area contributed by atoms with E-state index in [1.807, 2.05) is 35.2 Å². The summed E-state index contributed by atoms with van der Waals surface area (Å²) in [6.45, 7) is 1.23. The normalized spacial score (nSPS) is 25.3. The number of hydrogen-bond acceptors (Lipinski definition) is 4. The first-order valence-electron chi connectivity index (χ1n) is 13.3. The van der Waals surface area contributed by atoms with Crippen LogP contribution in [0.25, 0.3) is 6.08 Å². The topological polar surface area (TPSA) is 73.8 Å². The van der Waals surface area contributed by atoms with Gasteiger partial charge >= 0.3 is 0 Å². The molecule has 186 valence electrons. The Morgan fingerprint density at radius 1 is 1.00 bits per heavy atom. The first-order chi connectivity index (χ1) is 18.1. The molecule has 0 aromatic heterocycles. The monoisotopic (exact) mass is 490 g/mol. The van der Waals surface area contributed by atoms with Gasteiger partial charge in [0.1, 0.15) is 17.2 Å².